The topological polar surface area (TPSA) is 79.8 Å². The number of halogens is 1. The summed E-state index contributed by atoms with van der Waals surface area (Å²) in [5.41, 5.74) is 1.23. The maximum Gasteiger partial charge on any atom is 0.257 e. The summed E-state index contributed by atoms with van der Waals surface area (Å²) in [6.45, 7) is 2.41. The standard InChI is InChI=1S/C19H18ClN3O3/c1-2-26-16-6-4-3-5-14(16)15-11-17(24)22-19(21-15)23-18(25)12-7-9-13(20)10-8-12/h3-10,15H,2,11H2,1H3,(H2,21,22,23,24,25)/t15-/m1/s1. The number of nitrogens with one attached hydrogen (secondary N) is 2. The van der Waals surface area contributed by atoms with E-state index in [1.54, 1.807) is 24.3 Å². The number of ether oxygens (including phenoxy) is 1. The van der Waals surface area contributed by atoms with Gasteiger partial charge in [0.1, 0.15) is 5.75 Å². The molecule has 2 amide bonds. The molecule has 2 aromatic carbocycles. The van der Waals surface area contributed by atoms with Crippen molar-refractivity contribution in [2.45, 2.75) is 19.4 Å². The first-order valence-electron chi connectivity index (χ1n) is 8.23. The summed E-state index contributed by atoms with van der Waals surface area (Å²) < 4.78 is 5.62. The molecule has 3 rings (SSSR count). The largest absolute Gasteiger partial charge is 0.494 e. The molecule has 2 N–H and O–H groups in total. The van der Waals surface area contributed by atoms with Gasteiger partial charge in [-0.1, -0.05) is 29.8 Å². The Hall–Kier alpha value is -2.86. The van der Waals surface area contributed by atoms with Gasteiger partial charge in [0, 0.05) is 16.1 Å². The van der Waals surface area contributed by atoms with Crippen LogP contribution in [0, 0.1) is 0 Å². The third-order valence-corrected chi connectivity index (χ3v) is 4.09. The van der Waals surface area contributed by atoms with E-state index in [1.807, 2.05) is 31.2 Å². The Kier molecular flexibility index (Phi) is 5.53. The van der Waals surface area contributed by atoms with Gasteiger partial charge in [-0.3, -0.25) is 20.2 Å². The number of hydrogen-bond acceptors (Lipinski definition) is 4. The monoisotopic (exact) mass is 371 g/mol. The maximum atomic E-state index is 12.3. The molecular formula is C19H18ClN3O3. The second kappa shape index (κ2) is 8.01. The first-order chi connectivity index (χ1) is 12.6. The Morgan fingerprint density at radius 3 is 2.73 bits per heavy atom. The number of nitrogens with zero attached hydrogens (tertiary/aromatic N) is 1. The summed E-state index contributed by atoms with van der Waals surface area (Å²) in [5, 5.41) is 5.76. The van der Waals surface area contributed by atoms with Crippen LogP contribution in [-0.2, 0) is 4.79 Å². The molecule has 134 valence electrons. The first kappa shape index (κ1) is 17.9. The Morgan fingerprint density at radius 1 is 1.27 bits per heavy atom. The van der Waals surface area contributed by atoms with Gasteiger partial charge in [-0.05, 0) is 37.3 Å². The van der Waals surface area contributed by atoms with Crippen LogP contribution in [0.15, 0.2) is 53.5 Å². The second-order valence-electron chi connectivity index (χ2n) is 5.68. The molecule has 2 aromatic rings. The van der Waals surface area contributed by atoms with Gasteiger partial charge in [0.05, 0.1) is 19.1 Å². The van der Waals surface area contributed by atoms with Crippen LogP contribution >= 0.6 is 11.6 Å². The normalized spacial score (nSPS) is 16.5. The van der Waals surface area contributed by atoms with E-state index in [-0.39, 0.29) is 24.2 Å². The summed E-state index contributed by atoms with van der Waals surface area (Å²) in [7, 11) is 0. The molecule has 0 fully saturated rings. The Morgan fingerprint density at radius 2 is 2.00 bits per heavy atom. The molecule has 26 heavy (non-hydrogen) atoms. The van der Waals surface area contributed by atoms with Crippen molar-refractivity contribution >= 4 is 29.4 Å². The van der Waals surface area contributed by atoms with E-state index >= 15 is 0 Å². The van der Waals surface area contributed by atoms with Crippen molar-refractivity contribution in [2.75, 3.05) is 6.61 Å². The fraction of sp³-hybridized carbons (Fsp3) is 0.211. The van der Waals surface area contributed by atoms with Crippen molar-refractivity contribution in [3.8, 4) is 5.75 Å². The van der Waals surface area contributed by atoms with Crippen molar-refractivity contribution in [3.63, 3.8) is 0 Å². The molecule has 0 radical (unpaired) electrons. The Labute approximate surface area is 156 Å². The second-order valence-corrected chi connectivity index (χ2v) is 6.11. The molecule has 0 aliphatic carbocycles. The van der Waals surface area contributed by atoms with Gasteiger partial charge in [-0.2, -0.15) is 0 Å². The van der Waals surface area contributed by atoms with E-state index in [0.29, 0.717) is 22.9 Å². The molecule has 0 bridgehead atoms. The molecule has 1 aliphatic heterocycles. The van der Waals surface area contributed by atoms with E-state index in [4.69, 9.17) is 16.3 Å². The Balaban J connectivity index is 1.82. The van der Waals surface area contributed by atoms with Crippen LogP contribution in [0.5, 0.6) is 5.75 Å². The number of carbonyl (C=O) groups excluding carboxylic acids is 2. The third kappa shape index (κ3) is 4.21. The molecule has 1 heterocycles. The smallest absolute Gasteiger partial charge is 0.257 e. The van der Waals surface area contributed by atoms with Crippen molar-refractivity contribution < 1.29 is 14.3 Å². The van der Waals surface area contributed by atoms with Crippen molar-refractivity contribution in [3.05, 3.63) is 64.7 Å². The van der Waals surface area contributed by atoms with Gasteiger partial charge < -0.3 is 4.74 Å². The van der Waals surface area contributed by atoms with E-state index in [2.05, 4.69) is 15.6 Å². The summed E-state index contributed by atoms with van der Waals surface area (Å²) in [6.07, 6.45) is 0.185. The number of para-hydroxylation sites is 1. The summed E-state index contributed by atoms with van der Waals surface area (Å²) >= 11 is 5.83. The molecule has 0 aromatic heterocycles. The summed E-state index contributed by atoms with van der Waals surface area (Å²) in [4.78, 5) is 28.9. The highest BCUT2D eigenvalue weighted by Crippen LogP contribution is 2.31. The zero-order valence-electron chi connectivity index (χ0n) is 14.2. The molecule has 1 atom stereocenters. The summed E-state index contributed by atoms with van der Waals surface area (Å²) in [6, 6.07) is 13.5. The highest BCUT2D eigenvalue weighted by Gasteiger charge is 2.25. The lowest BCUT2D eigenvalue weighted by molar-refractivity contribution is -0.120. The molecule has 6 nitrogen and oxygen atoms in total. The average Bonchev–Trinajstić information content (AvgIpc) is 2.62. The van der Waals surface area contributed by atoms with Crippen LogP contribution < -0.4 is 15.4 Å². The zero-order chi connectivity index (χ0) is 18.5. The van der Waals surface area contributed by atoms with Crippen LogP contribution in [0.25, 0.3) is 0 Å². The number of amides is 2. The molecule has 0 spiro atoms. The zero-order valence-corrected chi connectivity index (χ0v) is 14.9. The lowest BCUT2D eigenvalue weighted by Crippen LogP contribution is -2.47. The maximum absolute atomic E-state index is 12.3. The number of aliphatic imine (C=N–C) groups is 1. The fourth-order valence-corrected chi connectivity index (χ4v) is 2.79. The number of rotatable bonds is 4. The van der Waals surface area contributed by atoms with Gasteiger partial charge in [-0.15, -0.1) is 0 Å². The molecule has 7 heteroatoms. The highest BCUT2D eigenvalue weighted by atomic mass is 35.5. The van der Waals surface area contributed by atoms with E-state index in [1.165, 1.54) is 0 Å². The number of benzene rings is 2. The Bertz CT molecular complexity index is 849. The van der Waals surface area contributed by atoms with Crippen molar-refractivity contribution in [1.29, 1.82) is 0 Å². The quantitative estimate of drug-likeness (QED) is 0.866. The van der Waals surface area contributed by atoms with Crippen LogP contribution in [0.3, 0.4) is 0 Å². The molecule has 0 unspecified atom stereocenters. The van der Waals surface area contributed by atoms with Crippen LogP contribution in [-0.4, -0.2) is 24.4 Å². The average molecular weight is 372 g/mol. The predicted molar refractivity (Wildman–Crippen MR) is 99.5 cm³/mol. The van der Waals surface area contributed by atoms with Crippen molar-refractivity contribution in [1.82, 2.24) is 10.6 Å². The molecule has 0 saturated heterocycles. The van der Waals surface area contributed by atoms with Gasteiger partial charge in [0.25, 0.3) is 5.91 Å². The minimum absolute atomic E-state index is 0.123. The molecular weight excluding hydrogens is 354 g/mol. The predicted octanol–water partition coefficient (Wildman–Crippen LogP) is 3.09. The number of carbonyl (C=O) groups is 2. The van der Waals surface area contributed by atoms with Crippen LogP contribution in [0.4, 0.5) is 0 Å². The lowest BCUT2D eigenvalue weighted by atomic mass is 10.0. The third-order valence-electron chi connectivity index (χ3n) is 3.84. The van der Waals surface area contributed by atoms with Gasteiger partial charge in [0.2, 0.25) is 11.9 Å². The van der Waals surface area contributed by atoms with E-state index in [9.17, 15) is 9.59 Å². The molecule has 0 saturated carbocycles. The molecule has 1 aliphatic rings. The van der Waals surface area contributed by atoms with Crippen molar-refractivity contribution in [2.24, 2.45) is 4.99 Å². The van der Waals surface area contributed by atoms with Gasteiger partial charge >= 0.3 is 0 Å². The number of guanidine groups is 1. The minimum Gasteiger partial charge on any atom is -0.494 e. The summed E-state index contributed by atoms with van der Waals surface area (Å²) in [5.74, 6) is 0.210. The minimum atomic E-state index is -0.424. The SMILES string of the molecule is CCOc1ccccc1[C@H]1CC(=O)NC(NC(=O)c2ccc(Cl)cc2)=N1. The number of hydrogen-bond donors (Lipinski definition) is 2. The van der Waals surface area contributed by atoms with Gasteiger partial charge in [-0.25, -0.2) is 4.99 Å². The van der Waals surface area contributed by atoms with E-state index < -0.39 is 6.04 Å². The van der Waals surface area contributed by atoms with Gasteiger partial charge in [0.15, 0.2) is 0 Å². The lowest BCUT2D eigenvalue weighted by Gasteiger charge is -2.23. The van der Waals surface area contributed by atoms with Crippen LogP contribution in [0.1, 0.15) is 35.3 Å². The fourth-order valence-electron chi connectivity index (χ4n) is 2.66. The van der Waals surface area contributed by atoms with E-state index in [0.717, 1.165) is 5.56 Å². The highest BCUT2D eigenvalue weighted by molar-refractivity contribution is 6.30. The van der Waals surface area contributed by atoms with Crippen LogP contribution in [0.2, 0.25) is 5.02 Å². The first-order valence-corrected chi connectivity index (χ1v) is 8.61.